The molecule has 0 heterocycles. The third-order valence-electron chi connectivity index (χ3n) is 2.24. The zero-order chi connectivity index (χ0) is 5.56. The van der Waals surface area contributed by atoms with Gasteiger partial charge in [0.15, 0.2) is 0 Å². The van der Waals surface area contributed by atoms with Gasteiger partial charge in [-0.3, -0.25) is 0 Å². The van der Waals surface area contributed by atoms with Crippen LogP contribution in [0.5, 0.6) is 0 Å². The summed E-state index contributed by atoms with van der Waals surface area (Å²) in [6, 6.07) is 0. The van der Waals surface area contributed by atoms with Crippen molar-refractivity contribution >= 4 is 0 Å². The van der Waals surface area contributed by atoms with Crippen molar-refractivity contribution in [1.29, 1.82) is 0 Å². The lowest BCUT2D eigenvalue weighted by molar-refractivity contribution is 0.148. The SMILES string of the molecule is O[C@H]1C[C@H]2C=C[C@H]1C2. The standard InChI is InChI=1S/C7H10O/c8-7-4-5-1-2-6(7)3-5/h1-2,5-8H,3-4H2/t5-,6-,7-/m0/s1. The molecule has 2 aliphatic carbocycles. The molecule has 0 aromatic heterocycles. The molecule has 0 amide bonds. The molecular formula is C7H10O. The molecule has 0 unspecified atom stereocenters. The van der Waals surface area contributed by atoms with Gasteiger partial charge in [0.25, 0.3) is 0 Å². The summed E-state index contributed by atoms with van der Waals surface area (Å²) in [6.45, 7) is 0. The maximum absolute atomic E-state index is 9.17. The minimum Gasteiger partial charge on any atom is -0.392 e. The summed E-state index contributed by atoms with van der Waals surface area (Å²) in [5.41, 5.74) is 0. The van der Waals surface area contributed by atoms with Gasteiger partial charge >= 0.3 is 0 Å². The maximum Gasteiger partial charge on any atom is 0.0608 e. The Labute approximate surface area is 49.0 Å². The molecule has 3 atom stereocenters. The largest absolute Gasteiger partial charge is 0.392 e. The summed E-state index contributed by atoms with van der Waals surface area (Å²) in [4.78, 5) is 0. The highest BCUT2D eigenvalue weighted by Gasteiger charge is 2.33. The van der Waals surface area contributed by atoms with Crippen LogP contribution < -0.4 is 0 Å². The van der Waals surface area contributed by atoms with E-state index in [0.29, 0.717) is 5.92 Å². The molecular weight excluding hydrogens is 100 g/mol. The second kappa shape index (κ2) is 1.35. The van der Waals surface area contributed by atoms with Crippen molar-refractivity contribution < 1.29 is 5.11 Å². The van der Waals surface area contributed by atoms with Crippen molar-refractivity contribution in [1.82, 2.24) is 0 Å². The van der Waals surface area contributed by atoms with E-state index in [1.165, 1.54) is 6.42 Å². The van der Waals surface area contributed by atoms with E-state index in [4.69, 9.17) is 5.11 Å². The van der Waals surface area contributed by atoms with Gasteiger partial charge in [0, 0.05) is 5.92 Å². The zero-order valence-corrected chi connectivity index (χ0v) is 4.75. The molecule has 2 aliphatic rings. The maximum atomic E-state index is 9.17. The Kier molecular flexibility index (Phi) is 0.770. The molecule has 0 saturated heterocycles. The molecule has 8 heavy (non-hydrogen) atoms. The first-order valence-electron chi connectivity index (χ1n) is 3.22. The minimum atomic E-state index is -0.00926. The second-order valence-corrected chi connectivity index (χ2v) is 2.85. The van der Waals surface area contributed by atoms with Gasteiger partial charge < -0.3 is 5.11 Å². The van der Waals surface area contributed by atoms with Gasteiger partial charge in [-0.2, -0.15) is 0 Å². The minimum absolute atomic E-state index is 0.00926. The number of hydrogen-bond acceptors (Lipinski definition) is 1. The number of aliphatic hydroxyl groups is 1. The topological polar surface area (TPSA) is 20.2 Å². The molecule has 1 heteroatoms. The average molecular weight is 110 g/mol. The zero-order valence-electron chi connectivity index (χ0n) is 4.75. The van der Waals surface area contributed by atoms with E-state index >= 15 is 0 Å². The molecule has 0 aromatic rings. The number of aliphatic hydroxyl groups excluding tert-OH is 1. The Balaban J connectivity index is 2.23. The summed E-state index contributed by atoms with van der Waals surface area (Å²) in [5, 5.41) is 9.17. The lowest BCUT2D eigenvalue weighted by Crippen LogP contribution is -2.11. The van der Waals surface area contributed by atoms with E-state index in [1.807, 2.05) is 0 Å². The molecule has 0 radical (unpaired) electrons. The van der Waals surface area contributed by atoms with E-state index < -0.39 is 0 Å². The fourth-order valence-electron chi connectivity index (χ4n) is 1.75. The normalized spacial score (nSPS) is 50.9. The summed E-state index contributed by atoms with van der Waals surface area (Å²) < 4.78 is 0. The van der Waals surface area contributed by atoms with Crippen LogP contribution in [0.2, 0.25) is 0 Å². The van der Waals surface area contributed by atoms with Crippen LogP contribution in [-0.4, -0.2) is 11.2 Å². The Bertz CT molecular complexity index is 128. The first kappa shape index (κ1) is 4.57. The van der Waals surface area contributed by atoms with Crippen LogP contribution >= 0.6 is 0 Å². The number of allylic oxidation sites excluding steroid dienone is 1. The molecule has 0 aliphatic heterocycles. The van der Waals surface area contributed by atoms with Crippen molar-refractivity contribution in [2.45, 2.75) is 18.9 Å². The Hall–Kier alpha value is -0.300. The summed E-state index contributed by atoms with van der Waals surface area (Å²) in [5.74, 6) is 1.23. The van der Waals surface area contributed by atoms with Crippen molar-refractivity contribution in [2.75, 3.05) is 0 Å². The monoisotopic (exact) mass is 110 g/mol. The van der Waals surface area contributed by atoms with Crippen LogP contribution in [0.4, 0.5) is 0 Å². The third kappa shape index (κ3) is 0.451. The van der Waals surface area contributed by atoms with E-state index in [9.17, 15) is 0 Å². The average Bonchev–Trinajstić information content (AvgIpc) is 2.23. The third-order valence-corrected chi connectivity index (χ3v) is 2.24. The fraction of sp³-hybridized carbons (Fsp3) is 0.714. The van der Waals surface area contributed by atoms with Gasteiger partial charge in [0.1, 0.15) is 0 Å². The van der Waals surface area contributed by atoms with E-state index in [1.54, 1.807) is 0 Å². The fourth-order valence-corrected chi connectivity index (χ4v) is 1.75. The Morgan fingerprint density at radius 2 is 2.12 bits per heavy atom. The molecule has 1 nitrogen and oxygen atoms in total. The predicted octanol–water partition coefficient (Wildman–Crippen LogP) is 0.943. The second-order valence-electron chi connectivity index (χ2n) is 2.85. The highest BCUT2D eigenvalue weighted by Crippen LogP contribution is 2.38. The van der Waals surface area contributed by atoms with E-state index in [-0.39, 0.29) is 6.10 Å². The van der Waals surface area contributed by atoms with Gasteiger partial charge in [0.2, 0.25) is 0 Å². The quantitative estimate of drug-likeness (QED) is 0.460. The van der Waals surface area contributed by atoms with Crippen LogP contribution in [0, 0.1) is 11.8 Å². The van der Waals surface area contributed by atoms with Crippen LogP contribution in [0.1, 0.15) is 12.8 Å². The number of fused-ring (bicyclic) bond motifs is 2. The molecule has 0 spiro atoms. The first-order valence-corrected chi connectivity index (χ1v) is 3.22. The van der Waals surface area contributed by atoms with Gasteiger partial charge in [-0.15, -0.1) is 0 Å². The molecule has 1 saturated carbocycles. The molecule has 0 aromatic carbocycles. The van der Waals surface area contributed by atoms with Gasteiger partial charge in [-0.05, 0) is 18.8 Å². The van der Waals surface area contributed by atoms with E-state index in [0.717, 1.165) is 12.3 Å². The predicted molar refractivity (Wildman–Crippen MR) is 31.4 cm³/mol. The highest BCUT2D eigenvalue weighted by atomic mass is 16.3. The highest BCUT2D eigenvalue weighted by molar-refractivity contribution is 5.10. The van der Waals surface area contributed by atoms with Gasteiger partial charge in [-0.1, -0.05) is 12.2 Å². The molecule has 1 N–H and O–H groups in total. The molecule has 2 rings (SSSR count). The summed E-state index contributed by atoms with van der Waals surface area (Å²) in [6.07, 6.45) is 6.60. The van der Waals surface area contributed by atoms with Crippen molar-refractivity contribution in [3.63, 3.8) is 0 Å². The Morgan fingerprint density at radius 3 is 2.38 bits per heavy atom. The first-order chi connectivity index (χ1) is 3.86. The van der Waals surface area contributed by atoms with Crippen LogP contribution in [-0.2, 0) is 0 Å². The van der Waals surface area contributed by atoms with Crippen molar-refractivity contribution in [2.24, 2.45) is 11.8 Å². The molecule has 2 bridgehead atoms. The molecule has 44 valence electrons. The van der Waals surface area contributed by atoms with Gasteiger partial charge in [-0.25, -0.2) is 0 Å². The van der Waals surface area contributed by atoms with Crippen LogP contribution in [0.25, 0.3) is 0 Å². The van der Waals surface area contributed by atoms with Crippen molar-refractivity contribution in [3.8, 4) is 0 Å². The molecule has 1 fully saturated rings. The van der Waals surface area contributed by atoms with Crippen LogP contribution in [0.3, 0.4) is 0 Å². The summed E-state index contributed by atoms with van der Waals surface area (Å²) >= 11 is 0. The lowest BCUT2D eigenvalue weighted by Gasteiger charge is -2.08. The summed E-state index contributed by atoms with van der Waals surface area (Å²) in [7, 11) is 0. The van der Waals surface area contributed by atoms with E-state index in [2.05, 4.69) is 12.2 Å². The number of hydrogen-bond donors (Lipinski definition) is 1. The van der Waals surface area contributed by atoms with Gasteiger partial charge in [0.05, 0.1) is 6.10 Å². The number of rotatable bonds is 0. The smallest absolute Gasteiger partial charge is 0.0608 e. The van der Waals surface area contributed by atoms with Crippen molar-refractivity contribution in [3.05, 3.63) is 12.2 Å². The lowest BCUT2D eigenvalue weighted by atomic mass is 10.1. The Morgan fingerprint density at radius 1 is 1.25 bits per heavy atom. The van der Waals surface area contributed by atoms with Crippen LogP contribution in [0.15, 0.2) is 12.2 Å².